The number of benzene rings is 1. The van der Waals surface area contributed by atoms with Gasteiger partial charge in [0.1, 0.15) is 17.6 Å². The van der Waals surface area contributed by atoms with E-state index in [1.807, 2.05) is 19.1 Å². The lowest BCUT2D eigenvalue weighted by Gasteiger charge is -2.38. The minimum absolute atomic E-state index is 0.102. The quantitative estimate of drug-likeness (QED) is 0.808. The number of aromatic nitrogens is 1. The van der Waals surface area contributed by atoms with Crippen LogP contribution < -0.4 is 10.1 Å². The summed E-state index contributed by atoms with van der Waals surface area (Å²) < 4.78 is 16.2. The average molecular weight is 370 g/mol. The molecule has 27 heavy (non-hydrogen) atoms. The predicted octanol–water partition coefficient (Wildman–Crippen LogP) is 3.43. The first-order valence-corrected chi connectivity index (χ1v) is 9.75. The summed E-state index contributed by atoms with van der Waals surface area (Å²) in [5.74, 6) is 1.15. The van der Waals surface area contributed by atoms with Crippen LogP contribution in [0.5, 0.6) is 5.75 Å². The highest BCUT2D eigenvalue weighted by molar-refractivity contribution is 5.95. The fourth-order valence-electron chi connectivity index (χ4n) is 3.81. The molecule has 2 aliphatic rings. The molecule has 0 unspecified atom stereocenters. The number of hydrogen-bond donors (Lipinski definition) is 1. The van der Waals surface area contributed by atoms with Crippen LogP contribution in [0.4, 0.5) is 0 Å². The Morgan fingerprint density at radius 2 is 2.00 bits per heavy atom. The van der Waals surface area contributed by atoms with Gasteiger partial charge in [0.25, 0.3) is 5.91 Å². The lowest BCUT2D eigenvalue weighted by molar-refractivity contribution is 0.0487. The van der Waals surface area contributed by atoms with Crippen LogP contribution in [0.3, 0.4) is 0 Å². The van der Waals surface area contributed by atoms with E-state index in [4.69, 9.17) is 14.0 Å². The number of carbonyl (C=O) groups is 1. The molecular weight excluding hydrogens is 344 g/mol. The molecule has 0 radical (unpaired) electrons. The van der Waals surface area contributed by atoms with E-state index in [0.29, 0.717) is 37.8 Å². The summed E-state index contributed by atoms with van der Waals surface area (Å²) in [5, 5.41) is 7.16. The molecule has 1 amide bonds. The van der Waals surface area contributed by atoms with Crippen LogP contribution in [0, 0.1) is 0 Å². The minimum Gasteiger partial charge on any atom is -0.494 e. The van der Waals surface area contributed by atoms with Crippen molar-refractivity contribution >= 4 is 5.91 Å². The molecule has 0 spiro atoms. The average Bonchev–Trinajstić information content (AvgIpc) is 3.44. The second-order valence-corrected chi connectivity index (χ2v) is 7.42. The molecule has 4 rings (SSSR count). The predicted molar refractivity (Wildman–Crippen MR) is 100 cm³/mol. The SMILES string of the molecule is CCOc1ccc(C2(CNC(=O)c3conc3C3CC3)CCOCC2)cc1. The van der Waals surface area contributed by atoms with Crippen LogP contribution in [0.25, 0.3) is 0 Å². The summed E-state index contributed by atoms with van der Waals surface area (Å²) >= 11 is 0. The van der Waals surface area contributed by atoms with Gasteiger partial charge in [-0.1, -0.05) is 17.3 Å². The number of ether oxygens (including phenoxy) is 2. The molecule has 6 nitrogen and oxygen atoms in total. The number of nitrogens with zero attached hydrogens (tertiary/aromatic N) is 1. The molecule has 1 N–H and O–H groups in total. The third-order valence-corrected chi connectivity index (χ3v) is 5.62. The lowest BCUT2D eigenvalue weighted by Crippen LogP contribution is -2.44. The Morgan fingerprint density at radius 1 is 1.26 bits per heavy atom. The molecule has 1 saturated carbocycles. The van der Waals surface area contributed by atoms with Gasteiger partial charge in [0, 0.05) is 31.1 Å². The van der Waals surface area contributed by atoms with Crippen molar-refractivity contribution in [3.8, 4) is 5.75 Å². The summed E-state index contributed by atoms with van der Waals surface area (Å²) in [5.41, 5.74) is 2.46. The van der Waals surface area contributed by atoms with Gasteiger partial charge in [-0.2, -0.15) is 0 Å². The summed E-state index contributed by atoms with van der Waals surface area (Å²) in [4.78, 5) is 12.8. The maximum absolute atomic E-state index is 12.8. The summed E-state index contributed by atoms with van der Waals surface area (Å²) in [6.07, 6.45) is 5.39. The topological polar surface area (TPSA) is 73.6 Å². The number of rotatable bonds is 7. The molecular formula is C21H26N2O4. The van der Waals surface area contributed by atoms with E-state index in [1.54, 1.807) is 0 Å². The Hall–Kier alpha value is -2.34. The van der Waals surface area contributed by atoms with Gasteiger partial charge in [-0.3, -0.25) is 4.79 Å². The monoisotopic (exact) mass is 370 g/mol. The summed E-state index contributed by atoms with van der Waals surface area (Å²) in [6.45, 7) is 4.59. The molecule has 1 saturated heterocycles. The van der Waals surface area contributed by atoms with E-state index in [1.165, 1.54) is 11.8 Å². The van der Waals surface area contributed by atoms with E-state index >= 15 is 0 Å². The van der Waals surface area contributed by atoms with Crippen LogP contribution in [-0.4, -0.2) is 37.4 Å². The minimum atomic E-state index is -0.129. The van der Waals surface area contributed by atoms with E-state index in [-0.39, 0.29) is 11.3 Å². The van der Waals surface area contributed by atoms with Gasteiger partial charge in [-0.15, -0.1) is 0 Å². The van der Waals surface area contributed by atoms with Crippen molar-refractivity contribution in [1.29, 1.82) is 0 Å². The maximum Gasteiger partial charge on any atom is 0.256 e. The van der Waals surface area contributed by atoms with E-state index in [9.17, 15) is 4.79 Å². The zero-order valence-electron chi connectivity index (χ0n) is 15.7. The number of nitrogens with one attached hydrogen (secondary N) is 1. The molecule has 0 atom stereocenters. The van der Waals surface area contributed by atoms with Gasteiger partial charge in [-0.25, -0.2) is 0 Å². The molecule has 1 aliphatic heterocycles. The van der Waals surface area contributed by atoms with Crippen LogP contribution in [-0.2, 0) is 10.2 Å². The molecule has 2 fully saturated rings. The van der Waals surface area contributed by atoms with Crippen LogP contribution in [0.1, 0.15) is 60.1 Å². The Bertz CT molecular complexity index is 774. The largest absolute Gasteiger partial charge is 0.494 e. The molecule has 1 aromatic carbocycles. The molecule has 144 valence electrons. The Morgan fingerprint density at radius 3 is 2.67 bits per heavy atom. The molecule has 0 bridgehead atoms. The Balaban J connectivity index is 1.50. The third-order valence-electron chi connectivity index (χ3n) is 5.62. The van der Waals surface area contributed by atoms with Crippen LogP contribution in [0.2, 0.25) is 0 Å². The Labute approximate surface area is 159 Å². The fourth-order valence-corrected chi connectivity index (χ4v) is 3.81. The van der Waals surface area contributed by atoms with Crippen molar-refractivity contribution in [2.75, 3.05) is 26.4 Å². The van der Waals surface area contributed by atoms with Gasteiger partial charge < -0.3 is 19.3 Å². The third kappa shape index (κ3) is 3.86. The van der Waals surface area contributed by atoms with Gasteiger partial charge in [0.2, 0.25) is 0 Å². The van der Waals surface area contributed by atoms with Crippen LogP contribution >= 0.6 is 0 Å². The normalized spacial score (nSPS) is 18.9. The highest BCUT2D eigenvalue weighted by Gasteiger charge is 2.36. The second kappa shape index (κ2) is 7.72. The van der Waals surface area contributed by atoms with Gasteiger partial charge in [0.15, 0.2) is 0 Å². The molecule has 1 aliphatic carbocycles. The first-order chi connectivity index (χ1) is 13.2. The van der Waals surface area contributed by atoms with Gasteiger partial charge >= 0.3 is 0 Å². The highest BCUT2D eigenvalue weighted by atomic mass is 16.5. The molecule has 2 aromatic rings. The second-order valence-electron chi connectivity index (χ2n) is 7.42. The Kier molecular flexibility index (Phi) is 5.16. The lowest BCUT2D eigenvalue weighted by atomic mass is 9.74. The highest BCUT2D eigenvalue weighted by Crippen LogP contribution is 2.41. The summed E-state index contributed by atoms with van der Waals surface area (Å²) in [7, 11) is 0. The zero-order valence-corrected chi connectivity index (χ0v) is 15.7. The molecule has 6 heteroatoms. The van der Waals surface area contributed by atoms with E-state index in [2.05, 4.69) is 22.6 Å². The first-order valence-electron chi connectivity index (χ1n) is 9.75. The van der Waals surface area contributed by atoms with Crippen LogP contribution in [0.15, 0.2) is 35.1 Å². The van der Waals surface area contributed by atoms with Crippen molar-refractivity contribution in [3.63, 3.8) is 0 Å². The van der Waals surface area contributed by atoms with Crippen molar-refractivity contribution in [3.05, 3.63) is 47.3 Å². The smallest absolute Gasteiger partial charge is 0.256 e. The molecule has 2 heterocycles. The standard InChI is InChI=1S/C21H26N2O4/c1-2-26-17-7-5-16(6-8-17)21(9-11-25-12-10-21)14-22-20(24)18-13-27-23-19(18)15-3-4-15/h5-8,13,15H,2-4,9-12,14H2,1H3,(H,22,24). The van der Waals surface area contributed by atoms with Gasteiger partial charge in [-0.05, 0) is 50.3 Å². The number of amides is 1. The van der Waals surface area contributed by atoms with Crippen molar-refractivity contribution in [2.45, 2.75) is 43.9 Å². The van der Waals surface area contributed by atoms with Crippen molar-refractivity contribution < 1.29 is 18.8 Å². The molecule has 1 aromatic heterocycles. The van der Waals surface area contributed by atoms with Gasteiger partial charge in [0.05, 0.1) is 12.3 Å². The van der Waals surface area contributed by atoms with E-state index in [0.717, 1.165) is 37.1 Å². The number of carbonyl (C=O) groups excluding carboxylic acids is 1. The van der Waals surface area contributed by atoms with E-state index < -0.39 is 0 Å². The zero-order chi connectivity index (χ0) is 18.7. The van der Waals surface area contributed by atoms with Crippen molar-refractivity contribution in [2.24, 2.45) is 0 Å². The number of hydrogen-bond acceptors (Lipinski definition) is 5. The first kappa shape index (κ1) is 18.0. The van der Waals surface area contributed by atoms with Crippen molar-refractivity contribution in [1.82, 2.24) is 10.5 Å². The fraction of sp³-hybridized carbons (Fsp3) is 0.524. The summed E-state index contributed by atoms with van der Waals surface area (Å²) in [6, 6.07) is 8.22. The maximum atomic E-state index is 12.8.